The third-order valence-electron chi connectivity index (χ3n) is 4.17. The Morgan fingerprint density at radius 2 is 2.04 bits per heavy atom. The number of aromatic nitrogens is 5. The Kier molecular flexibility index (Phi) is 4.04. The first-order chi connectivity index (χ1) is 12.7. The predicted octanol–water partition coefficient (Wildman–Crippen LogP) is 2.93. The first-order valence-corrected chi connectivity index (χ1v) is 8.31. The van der Waals surface area contributed by atoms with Gasteiger partial charge in [-0.15, -0.1) is 0 Å². The molecule has 0 amide bonds. The van der Waals surface area contributed by atoms with E-state index in [1.54, 1.807) is 35.1 Å². The SMILES string of the molecule is CCc1cc(=O)[nH]c(-c2nn(Cc3ccccc3F)c3ncccc23)n1. The topological polar surface area (TPSA) is 76.5 Å². The maximum Gasteiger partial charge on any atom is 0.251 e. The number of rotatable bonds is 4. The summed E-state index contributed by atoms with van der Waals surface area (Å²) in [7, 11) is 0. The molecule has 0 fully saturated rings. The fourth-order valence-electron chi connectivity index (χ4n) is 2.88. The molecule has 1 aromatic carbocycles. The molecule has 0 aliphatic rings. The van der Waals surface area contributed by atoms with Crippen molar-refractivity contribution in [3.05, 3.63) is 76.1 Å². The number of H-pyrrole nitrogens is 1. The van der Waals surface area contributed by atoms with Crippen LogP contribution in [0.25, 0.3) is 22.6 Å². The van der Waals surface area contributed by atoms with Gasteiger partial charge in [-0.2, -0.15) is 5.10 Å². The van der Waals surface area contributed by atoms with Crippen molar-refractivity contribution < 1.29 is 4.39 Å². The lowest BCUT2D eigenvalue weighted by Gasteiger charge is -2.04. The molecule has 0 radical (unpaired) electrons. The van der Waals surface area contributed by atoms with E-state index in [-0.39, 0.29) is 17.9 Å². The van der Waals surface area contributed by atoms with Crippen molar-refractivity contribution in [2.45, 2.75) is 19.9 Å². The third-order valence-corrected chi connectivity index (χ3v) is 4.17. The number of hydrogen-bond donors (Lipinski definition) is 1. The van der Waals surface area contributed by atoms with Gasteiger partial charge in [0.25, 0.3) is 5.56 Å². The lowest BCUT2D eigenvalue weighted by molar-refractivity contribution is 0.589. The zero-order chi connectivity index (χ0) is 18.1. The Morgan fingerprint density at radius 3 is 2.85 bits per heavy atom. The van der Waals surface area contributed by atoms with Crippen molar-refractivity contribution in [3.63, 3.8) is 0 Å². The van der Waals surface area contributed by atoms with Gasteiger partial charge in [0.05, 0.1) is 11.9 Å². The number of hydrogen-bond acceptors (Lipinski definition) is 4. The zero-order valence-corrected chi connectivity index (χ0v) is 14.1. The fourth-order valence-corrected chi connectivity index (χ4v) is 2.88. The van der Waals surface area contributed by atoms with Gasteiger partial charge in [0.2, 0.25) is 0 Å². The zero-order valence-electron chi connectivity index (χ0n) is 14.1. The number of aryl methyl sites for hydroxylation is 1. The molecule has 0 atom stereocenters. The van der Waals surface area contributed by atoms with E-state index in [9.17, 15) is 9.18 Å². The van der Waals surface area contributed by atoms with Crippen LogP contribution in [-0.2, 0) is 13.0 Å². The highest BCUT2D eigenvalue weighted by Crippen LogP contribution is 2.24. The predicted molar refractivity (Wildman–Crippen MR) is 96.3 cm³/mol. The highest BCUT2D eigenvalue weighted by Gasteiger charge is 2.16. The molecule has 0 saturated heterocycles. The van der Waals surface area contributed by atoms with Crippen molar-refractivity contribution in [3.8, 4) is 11.5 Å². The minimum atomic E-state index is -0.298. The molecular weight excluding hydrogens is 333 g/mol. The van der Waals surface area contributed by atoms with Gasteiger partial charge in [-0.1, -0.05) is 25.1 Å². The molecule has 4 rings (SSSR count). The number of nitrogens with zero attached hydrogens (tertiary/aromatic N) is 4. The number of fused-ring (bicyclic) bond motifs is 1. The van der Waals surface area contributed by atoms with Crippen molar-refractivity contribution in [1.29, 1.82) is 0 Å². The minimum absolute atomic E-state index is 0.229. The van der Waals surface area contributed by atoms with E-state index in [0.717, 1.165) is 5.39 Å². The Morgan fingerprint density at radius 1 is 1.19 bits per heavy atom. The van der Waals surface area contributed by atoms with Crippen molar-refractivity contribution in [1.82, 2.24) is 24.7 Å². The Balaban J connectivity index is 1.89. The van der Waals surface area contributed by atoms with Gasteiger partial charge in [0.15, 0.2) is 11.5 Å². The normalized spacial score (nSPS) is 11.2. The van der Waals surface area contributed by atoms with E-state index < -0.39 is 0 Å². The van der Waals surface area contributed by atoms with Gasteiger partial charge in [-0.3, -0.25) is 4.79 Å². The van der Waals surface area contributed by atoms with E-state index >= 15 is 0 Å². The lowest BCUT2D eigenvalue weighted by Crippen LogP contribution is -2.10. The summed E-state index contributed by atoms with van der Waals surface area (Å²) < 4.78 is 15.7. The summed E-state index contributed by atoms with van der Waals surface area (Å²) in [5, 5.41) is 5.32. The summed E-state index contributed by atoms with van der Waals surface area (Å²) in [6.07, 6.45) is 2.30. The molecule has 0 aliphatic heterocycles. The first-order valence-electron chi connectivity index (χ1n) is 8.31. The molecule has 4 aromatic rings. The standard InChI is InChI=1S/C19H16FN5O/c1-2-13-10-16(26)23-18(22-13)17-14-7-5-9-21-19(14)25(24-17)11-12-6-3-4-8-15(12)20/h3-10H,2,11H2,1H3,(H,22,23,26). The first kappa shape index (κ1) is 16.1. The van der Waals surface area contributed by atoms with Gasteiger partial charge < -0.3 is 4.98 Å². The second kappa shape index (κ2) is 6.51. The van der Waals surface area contributed by atoms with Crippen LogP contribution in [0.5, 0.6) is 0 Å². The van der Waals surface area contributed by atoms with Gasteiger partial charge >= 0.3 is 0 Å². The number of pyridine rings is 1. The smallest absolute Gasteiger partial charge is 0.251 e. The number of nitrogens with one attached hydrogen (secondary N) is 1. The van der Waals surface area contributed by atoms with E-state index in [1.807, 2.05) is 13.0 Å². The molecular formula is C19H16FN5O. The number of halogens is 1. The summed E-state index contributed by atoms with van der Waals surface area (Å²) in [4.78, 5) is 23.5. The van der Waals surface area contributed by atoms with Crippen molar-refractivity contribution >= 4 is 11.0 Å². The van der Waals surface area contributed by atoms with Gasteiger partial charge in [-0.25, -0.2) is 19.0 Å². The highest BCUT2D eigenvalue weighted by atomic mass is 19.1. The lowest BCUT2D eigenvalue weighted by atomic mass is 10.2. The van der Waals surface area contributed by atoms with Crippen LogP contribution in [0.15, 0.2) is 53.5 Å². The second-order valence-electron chi connectivity index (χ2n) is 5.91. The Bertz CT molecular complexity index is 1150. The molecule has 6 nitrogen and oxygen atoms in total. The molecule has 7 heteroatoms. The minimum Gasteiger partial charge on any atom is -0.305 e. The molecule has 0 bridgehead atoms. The average Bonchev–Trinajstić information content (AvgIpc) is 3.02. The molecule has 0 saturated carbocycles. The summed E-state index contributed by atoms with van der Waals surface area (Å²) in [5.41, 5.74) is 2.10. The van der Waals surface area contributed by atoms with Crippen molar-refractivity contribution in [2.75, 3.05) is 0 Å². The molecule has 1 N–H and O–H groups in total. The fraction of sp³-hybridized carbons (Fsp3) is 0.158. The van der Waals surface area contributed by atoms with Gasteiger partial charge in [-0.05, 0) is 24.6 Å². The Hall–Kier alpha value is -3.35. The molecule has 0 unspecified atom stereocenters. The molecule has 0 spiro atoms. The van der Waals surface area contributed by atoms with E-state index in [0.29, 0.717) is 34.8 Å². The van der Waals surface area contributed by atoms with Crippen LogP contribution < -0.4 is 5.56 Å². The quantitative estimate of drug-likeness (QED) is 0.615. The summed E-state index contributed by atoms with van der Waals surface area (Å²) in [5.74, 6) is 0.0905. The largest absolute Gasteiger partial charge is 0.305 e. The molecule has 0 aliphatic carbocycles. The van der Waals surface area contributed by atoms with E-state index in [2.05, 4.69) is 20.1 Å². The van der Waals surface area contributed by atoms with Crippen LogP contribution >= 0.6 is 0 Å². The summed E-state index contributed by atoms with van der Waals surface area (Å²) in [6, 6.07) is 11.7. The second-order valence-corrected chi connectivity index (χ2v) is 5.91. The summed E-state index contributed by atoms with van der Waals surface area (Å²) >= 11 is 0. The Labute approximate surface area is 148 Å². The van der Waals surface area contributed by atoms with Crippen LogP contribution in [0, 0.1) is 5.82 Å². The van der Waals surface area contributed by atoms with Crippen LogP contribution in [0.1, 0.15) is 18.2 Å². The number of aromatic amines is 1. The van der Waals surface area contributed by atoms with Crippen LogP contribution in [-0.4, -0.2) is 24.7 Å². The molecule has 3 aromatic heterocycles. The summed E-state index contributed by atoms with van der Waals surface area (Å²) in [6.45, 7) is 2.17. The monoisotopic (exact) mass is 349 g/mol. The van der Waals surface area contributed by atoms with Crippen LogP contribution in [0.2, 0.25) is 0 Å². The molecule has 130 valence electrons. The van der Waals surface area contributed by atoms with E-state index in [4.69, 9.17) is 0 Å². The highest BCUT2D eigenvalue weighted by molar-refractivity contribution is 5.89. The molecule has 3 heterocycles. The third kappa shape index (κ3) is 2.88. The maximum absolute atomic E-state index is 14.0. The number of benzene rings is 1. The van der Waals surface area contributed by atoms with Crippen molar-refractivity contribution in [2.24, 2.45) is 0 Å². The van der Waals surface area contributed by atoms with Gasteiger partial charge in [0.1, 0.15) is 11.5 Å². The average molecular weight is 349 g/mol. The van der Waals surface area contributed by atoms with Gasteiger partial charge in [0, 0.05) is 23.5 Å². The van der Waals surface area contributed by atoms with E-state index in [1.165, 1.54) is 12.1 Å². The van der Waals surface area contributed by atoms with Crippen LogP contribution in [0.3, 0.4) is 0 Å². The molecule has 26 heavy (non-hydrogen) atoms. The van der Waals surface area contributed by atoms with Crippen LogP contribution in [0.4, 0.5) is 4.39 Å². The maximum atomic E-state index is 14.0.